The summed E-state index contributed by atoms with van der Waals surface area (Å²) in [4.78, 5) is 17.0. The molecule has 0 radical (unpaired) electrons. The van der Waals surface area contributed by atoms with Crippen LogP contribution in [0.3, 0.4) is 0 Å². The van der Waals surface area contributed by atoms with Gasteiger partial charge in [-0.25, -0.2) is 15.0 Å². The van der Waals surface area contributed by atoms with Gasteiger partial charge in [0, 0.05) is 29.9 Å². The average molecular weight is 642 g/mol. The first-order chi connectivity index (χ1) is 21.6. The predicted octanol–water partition coefficient (Wildman–Crippen LogP) is 7.54. The smallest absolute Gasteiger partial charge is 0.416 e. The van der Waals surface area contributed by atoms with Gasteiger partial charge in [0.15, 0.2) is 0 Å². The number of hydrogen-bond acceptors (Lipinski definition) is 8. The zero-order valence-corrected chi connectivity index (χ0v) is 26.2. The van der Waals surface area contributed by atoms with Crippen LogP contribution in [0.15, 0.2) is 73.3 Å². The Morgan fingerprint density at radius 2 is 1.78 bits per heavy atom. The number of alkyl halides is 3. The molecule has 1 saturated carbocycles. The molecular weight excluding hydrogens is 607 g/mol. The Morgan fingerprint density at radius 1 is 0.956 bits per heavy atom. The molecule has 238 valence electrons. The summed E-state index contributed by atoms with van der Waals surface area (Å²) in [5, 5.41) is 0.262. The Labute approximate surface area is 265 Å². The highest BCUT2D eigenvalue weighted by molar-refractivity contribution is 6.29. The number of rotatable bonds is 10. The van der Waals surface area contributed by atoms with Gasteiger partial charge in [0.25, 0.3) is 0 Å². The van der Waals surface area contributed by atoms with Crippen molar-refractivity contribution in [2.45, 2.75) is 50.0 Å². The number of pyridine rings is 1. The van der Waals surface area contributed by atoms with Gasteiger partial charge in [-0.15, -0.1) is 0 Å². The zero-order chi connectivity index (χ0) is 32.1. The van der Waals surface area contributed by atoms with Crippen LogP contribution in [0.2, 0.25) is 5.15 Å². The molecule has 0 aliphatic heterocycles. The summed E-state index contributed by atoms with van der Waals surface area (Å²) in [6.07, 6.45) is 2.05. The van der Waals surface area contributed by atoms with Gasteiger partial charge in [0.2, 0.25) is 0 Å². The Balaban J connectivity index is 1.46. The Kier molecular flexibility index (Phi) is 9.99. The van der Waals surface area contributed by atoms with Gasteiger partial charge in [-0.2, -0.15) is 13.2 Å². The van der Waals surface area contributed by atoms with Crippen LogP contribution in [0.1, 0.15) is 41.9 Å². The van der Waals surface area contributed by atoms with Crippen LogP contribution in [0.4, 0.5) is 24.7 Å². The van der Waals surface area contributed by atoms with Gasteiger partial charge < -0.3 is 24.0 Å². The first-order valence-corrected chi connectivity index (χ1v) is 14.9. The molecule has 0 bridgehead atoms. The van der Waals surface area contributed by atoms with E-state index in [1.807, 2.05) is 37.2 Å². The zero-order valence-electron chi connectivity index (χ0n) is 25.5. The van der Waals surface area contributed by atoms with E-state index in [0.29, 0.717) is 60.1 Å². The van der Waals surface area contributed by atoms with E-state index in [0.717, 1.165) is 11.6 Å². The highest BCUT2D eigenvalue weighted by atomic mass is 35.5. The minimum Gasteiger partial charge on any atom is -0.497 e. The molecule has 0 unspecified atom stereocenters. The Hall–Kier alpha value is -4.09. The molecule has 2 aromatic heterocycles. The molecular formula is C33H35ClF3N5O3. The van der Waals surface area contributed by atoms with E-state index in [1.165, 1.54) is 18.5 Å². The maximum atomic E-state index is 13.4. The van der Waals surface area contributed by atoms with Gasteiger partial charge in [-0.05, 0) is 69.1 Å². The SMILES string of the molecule is COc1ccc(CN(c2ccncn2)c2cnc(Cl)cc2O[C@H]2CC[C@H](c3cccc(C(F)(F)F)c3)C[C@@H]2N(C)C)c(OC)c1. The molecule has 8 nitrogen and oxygen atoms in total. The van der Waals surface area contributed by atoms with Crippen LogP contribution in [0.5, 0.6) is 17.2 Å². The van der Waals surface area contributed by atoms with E-state index in [1.54, 1.807) is 44.8 Å². The first-order valence-electron chi connectivity index (χ1n) is 14.5. The van der Waals surface area contributed by atoms with Crippen LogP contribution >= 0.6 is 11.6 Å². The lowest BCUT2D eigenvalue weighted by Crippen LogP contribution is -2.46. The lowest BCUT2D eigenvalue weighted by molar-refractivity contribution is -0.137. The number of aromatic nitrogens is 3. The largest absolute Gasteiger partial charge is 0.497 e. The highest BCUT2D eigenvalue weighted by Gasteiger charge is 2.36. The molecule has 3 atom stereocenters. The quantitative estimate of drug-likeness (QED) is 0.165. The molecule has 0 N–H and O–H groups in total. The average Bonchev–Trinajstić information content (AvgIpc) is 3.04. The van der Waals surface area contributed by atoms with E-state index < -0.39 is 11.7 Å². The minimum atomic E-state index is -4.39. The monoisotopic (exact) mass is 641 g/mol. The van der Waals surface area contributed by atoms with Gasteiger partial charge in [-0.3, -0.25) is 0 Å². The number of methoxy groups -OCH3 is 2. The molecule has 4 aromatic rings. The van der Waals surface area contributed by atoms with Crippen molar-refractivity contribution in [3.8, 4) is 17.2 Å². The summed E-state index contributed by atoms with van der Waals surface area (Å²) < 4.78 is 58.1. The van der Waals surface area contributed by atoms with Crippen molar-refractivity contribution < 1.29 is 27.4 Å². The van der Waals surface area contributed by atoms with Crippen LogP contribution < -0.4 is 19.1 Å². The summed E-state index contributed by atoms with van der Waals surface area (Å²) in [5.41, 5.74) is 1.55. The third-order valence-electron chi connectivity index (χ3n) is 8.15. The summed E-state index contributed by atoms with van der Waals surface area (Å²) in [6.45, 7) is 0.350. The summed E-state index contributed by atoms with van der Waals surface area (Å²) in [7, 11) is 7.11. The predicted molar refractivity (Wildman–Crippen MR) is 167 cm³/mol. The van der Waals surface area contributed by atoms with Crippen molar-refractivity contribution in [1.82, 2.24) is 19.9 Å². The van der Waals surface area contributed by atoms with Crippen molar-refractivity contribution in [2.75, 3.05) is 33.2 Å². The molecule has 0 spiro atoms. The van der Waals surface area contributed by atoms with Crippen LogP contribution in [-0.4, -0.2) is 60.3 Å². The van der Waals surface area contributed by atoms with Crippen LogP contribution in [0.25, 0.3) is 0 Å². The summed E-state index contributed by atoms with van der Waals surface area (Å²) >= 11 is 6.41. The summed E-state index contributed by atoms with van der Waals surface area (Å²) in [6, 6.07) is 14.6. The van der Waals surface area contributed by atoms with Crippen molar-refractivity contribution in [3.63, 3.8) is 0 Å². The normalized spacial score (nSPS) is 18.5. The Bertz CT molecular complexity index is 1590. The number of hydrogen-bond donors (Lipinski definition) is 0. The molecule has 2 aromatic carbocycles. The fraction of sp³-hybridized carbons (Fsp3) is 0.364. The van der Waals surface area contributed by atoms with E-state index in [9.17, 15) is 13.2 Å². The molecule has 0 saturated heterocycles. The van der Waals surface area contributed by atoms with Gasteiger partial charge in [-0.1, -0.05) is 29.8 Å². The van der Waals surface area contributed by atoms with E-state index >= 15 is 0 Å². The fourth-order valence-electron chi connectivity index (χ4n) is 5.82. The second-order valence-corrected chi connectivity index (χ2v) is 11.5. The standard InChI is InChI=1S/C33H35ClF3N5O3/c1-41(2)26-15-22(21-6-5-7-24(14-21)33(35,36)37)9-11-28(26)45-30-17-31(34)39-18-27(30)42(32-12-13-38-20-40-32)19-23-8-10-25(43-3)16-29(23)44-4/h5-8,10,12-14,16-18,20,22,26,28H,9,11,15,19H2,1-4H3/t22-,26-,28-/m0/s1. The lowest BCUT2D eigenvalue weighted by atomic mass is 9.79. The topological polar surface area (TPSA) is 72.8 Å². The van der Waals surface area contributed by atoms with Crippen molar-refractivity contribution >= 4 is 23.1 Å². The number of ether oxygens (including phenoxy) is 3. The minimum absolute atomic E-state index is 0.0416. The maximum absolute atomic E-state index is 13.4. The number of likely N-dealkylation sites (N-methyl/N-ethyl adjacent to an activating group) is 1. The van der Waals surface area contributed by atoms with Crippen molar-refractivity contribution in [2.24, 2.45) is 0 Å². The fourth-order valence-corrected chi connectivity index (χ4v) is 5.97. The van der Waals surface area contributed by atoms with Crippen molar-refractivity contribution in [3.05, 3.63) is 95.2 Å². The van der Waals surface area contributed by atoms with Crippen molar-refractivity contribution in [1.29, 1.82) is 0 Å². The summed E-state index contributed by atoms with van der Waals surface area (Å²) in [5.74, 6) is 2.38. The molecule has 45 heavy (non-hydrogen) atoms. The molecule has 1 fully saturated rings. The van der Waals surface area contributed by atoms with Gasteiger partial charge in [0.05, 0.1) is 32.5 Å². The van der Waals surface area contributed by atoms with Crippen LogP contribution in [0, 0.1) is 0 Å². The molecule has 12 heteroatoms. The molecule has 1 aliphatic rings. The highest BCUT2D eigenvalue weighted by Crippen LogP contribution is 2.42. The van der Waals surface area contributed by atoms with E-state index in [4.69, 9.17) is 25.8 Å². The third kappa shape index (κ3) is 7.59. The molecule has 1 aliphatic carbocycles. The first kappa shape index (κ1) is 32.3. The molecule has 0 amide bonds. The third-order valence-corrected chi connectivity index (χ3v) is 8.36. The Morgan fingerprint density at radius 3 is 2.47 bits per heavy atom. The number of anilines is 2. The number of nitrogens with zero attached hydrogens (tertiary/aromatic N) is 5. The van der Waals surface area contributed by atoms with Gasteiger partial charge in [0.1, 0.15) is 46.3 Å². The molecule has 2 heterocycles. The maximum Gasteiger partial charge on any atom is 0.416 e. The second kappa shape index (κ2) is 13.9. The van der Waals surface area contributed by atoms with Crippen LogP contribution in [-0.2, 0) is 12.7 Å². The van der Waals surface area contributed by atoms with Gasteiger partial charge >= 0.3 is 6.18 Å². The van der Waals surface area contributed by atoms with E-state index in [2.05, 4.69) is 19.9 Å². The second-order valence-electron chi connectivity index (χ2n) is 11.1. The number of benzene rings is 2. The molecule has 5 rings (SSSR count). The lowest BCUT2D eigenvalue weighted by Gasteiger charge is -2.40. The van der Waals surface area contributed by atoms with E-state index in [-0.39, 0.29) is 23.2 Å². The number of halogens is 4.